The molecule has 0 radical (unpaired) electrons. The van der Waals surface area contributed by atoms with Crippen molar-refractivity contribution in [2.24, 2.45) is 5.10 Å². The van der Waals surface area contributed by atoms with Crippen LogP contribution in [0.4, 0.5) is 10.1 Å². The van der Waals surface area contributed by atoms with Gasteiger partial charge in [0, 0.05) is 22.8 Å². The number of aryl methyl sites for hydroxylation is 1. The van der Waals surface area contributed by atoms with Gasteiger partial charge in [-0.3, -0.25) is 14.9 Å². The molecule has 0 bridgehead atoms. The molecule has 47 heavy (non-hydrogen) atoms. The molecule has 11 heteroatoms. The van der Waals surface area contributed by atoms with E-state index >= 15 is 0 Å². The zero-order valence-electron chi connectivity index (χ0n) is 26.8. The number of halogens is 1. The van der Waals surface area contributed by atoms with E-state index in [0.717, 1.165) is 16.9 Å². The quantitative estimate of drug-likeness (QED) is 0.0777. The maximum atomic E-state index is 14.3. The van der Waals surface area contributed by atoms with Crippen molar-refractivity contribution in [1.29, 1.82) is 0 Å². The Balaban J connectivity index is 1.65. The molecule has 0 aliphatic carbocycles. The summed E-state index contributed by atoms with van der Waals surface area (Å²) in [5, 5.41) is 17.1. The number of benzene rings is 4. The average Bonchev–Trinajstić information content (AvgIpc) is 3.04. The summed E-state index contributed by atoms with van der Waals surface area (Å²) in [6, 6.07) is 19.7. The summed E-state index contributed by atoms with van der Waals surface area (Å²) in [7, 11) is 0. The molecule has 242 valence electrons. The van der Waals surface area contributed by atoms with Crippen LogP contribution in [0.2, 0.25) is 0 Å². The molecule has 0 aliphatic heterocycles. The van der Waals surface area contributed by atoms with Crippen LogP contribution in [0, 0.1) is 22.9 Å². The van der Waals surface area contributed by atoms with E-state index in [1.807, 2.05) is 26.0 Å². The third-order valence-corrected chi connectivity index (χ3v) is 7.48. The summed E-state index contributed by atoms with van der Waals surface area (Å²) in [6.07, 6.45) is 1.34. The fraction of sp³-hybridized carbons (Fsp3) is 0.250. The van der Waals surface area contributed by atoms with Crippen LogP contribution in [-0.4, -0.2) is 34.0 Å². The highest BCUT2D eigenvalue weighted by Gasteiger charge is 2.24. The van der Waals surface area contributed by atoms with Crippen LogP contribution in [0.5, 0.6) is 17.2 Å². The van der Waals surface area contributed by atoms with Gasteiger partial charge < -0.3 is 14.2 Å². The molecule has 0 saturated carbocycles. The molecule has 0 fully saturated rings. The van der Waals surface area contributed by atoms with Crippen LogP contribution in [0.25, 0.3) is 22.3 Å². The molecule has 0 unspecified atom stereocenters. The van der Waals surface area contributed by atoms with Gasteiger partial charge in [0.25, 0.3) is 5.56 Å². The van der Waals surface area contributed by atoms with E-state index in [-0.39, 0.29) is 41.8 Å². The molecule has 1 heterocycles. The zero-order valence-corrected chi connectivity index (χ0v) is 26.8. The highest BCUT2D eigenvalue weighted by atomic mass is 19.1. The summed E-state index contributed by atoms with van der Waals surface area (Å²) in [5.41, 5.74) is 2.67. The minimum absolute atomic E-state index is 0.0765. The second-order valence-corrected chi connectivity index (χ2v) is 11.0. The molecule has 5 rings (SSSR count). The smallest absolute Gasteiger partial charge is 0.315 e. The lowest BCUT2D eigenvalue weighted by atomic mass is 9.96. The molecule has 0 saturated heterocycles. The third-order valence-electron chi connectivity index (χ3n) is 7.48. The van der Waals surface area contributed by atoms with Crippen molar-refractivity contribution in [3.63, 3.8) is 0 Å². The van der Waals surface area contributed by atoms with Gasteiger partial charge in [-0.2, -0.15) is 9.78 Å². The van der Waals surface area contributed by atoms with Crippen LogP contribution >= 0.6 is 0 Å². The molecule has 0 spiro atoms. The number of nitrogens with zero attached hydrogens (tertiary/aromatic N) is 4. The number of hydrogen-bond acceptors (Lipinski definition) is 8. The Kier molecular flexibility index (Phi) is 9.94. The monoisotopic (exact) mass is 638 g/mol. The molecular weight excluding hydrogens is 603 g/mol. The van der Waals surface area contributed by atoms with Gasteiger partial charge in [-0.15, -0.1) is 0 Å². The molecule has 0 amide bonds. The lowest BCUT2D eigenvalue weighted by Gasteiger charge is -2.18. The third kappa shape index (κ3) is 6.99. The Hall–Kier alpha value is -5.58. The van der Waals surface area contributed by atoms with Crippen molar-refractivity contribution in [1.82, 2.24) is 9.66 Å². The van der Waals surface area contributed by atoms with E-state index in [0.29, 0.717) is 28.9 Å². The highest BCUT2D eigenvalue weighted by molar-refractivity contribution is 5.84. The van der Waals surface area contributed by atoms with Crippen LogP contribution in [0.1, 0.15) is 55.9 Å². The molecule has 4 aromatic carbocycles. The van der Waals surface area contributed by atoms with E-state index in [2.05, 4.69) is 18.9 Å². The Labute approximate surface area is 271 Å². The molecular formula is C36H35FN4O6. The minimum atomic E-state index is -0.609. The number of nitro benzene ring substituents is 1. The standard InChI is InChI=1S/C36H35FN4O6/c1-6-45-32-16-23(5)28(19-27(32)22(3)4)35-39-30-15-11-9-13-26(30)36(42)40(35)38-20-24-17-31(41(43)44)34(33(18-24)46-7-2)47-21-25-12-8-10-14-29(25)37/h8-20,22H,6-7,21H2,1-5H3. The molecule has 0 aliphatic rings. The molecule has 0 N–H and O–H groups in total. The Morgan fingerprint density at radius 3 is 2.38 bits per heavy atom. The second kappa shape index (κ2) is 14.2. The van der Waals surface area contributed by atoms with Crippen molar-refractivity contribution in [3.05, 3.63) is 121 Å². The van der Waals surface area contributed by atoms with E-state index in [1.54, 1.807) is 43.3 Å². The van der Waals surface area contributed by atoms with E-state index in [4.69, 9.17) is 19.2 Å². The number of nitro groups is 1. The molecule has 5 aromatic rings. The number of fused-ring (bicyclic) bond motifs is 1. The number of ether oxygens (including phenoxy) is 3. The largest absolute Gasteiger partial charge is 0.494 e. The summed E-state index contributed by atoms with van der Waals surface area (Å²) >= 11 is 0. The van der Waals surface area contributed by atoms with E-state index < -0.39 is 22.0 Å². The SMILES string of the molecule is CCOc1cc(C)c(-c2nc3ccccc3c(=O)n2N=Cc2cc(OCC)c(OCc3ccccc3F)c([N+](=O)[O-])c2)cc1C(C)C. The number of hydrogen-bond donors (Lipinski definition) is 0. The zero-order chi connectivity index (χ0) is 33.7. The fourth-order valence-corrected chi connectivity index (χ4v) is 5.19. The van der Waals surface area contributed by atoms with Crippen molar-refractivity contribution < 1.29 is 23.5 Å². The summed E-state index contributed by atoms with van der Waals surface area (Å²) in [4.78, 5) is 30.3. The second-order valence-electron chi connectivity index (χ2n) is 11.0. The van der Waals surface area contributed by atoms with Gasteiger partial charge in [0.2, 0.25) is 5.75 Å². The van der Waals surface area contributed by atoms with E-state index in [9.17, 15) is 19.3 Å². The summed E-state index contributed by atoms with van der Waals surface area (Å²) < 4.78 is 32.8. The maximum Gasteiger partial charge on any atom is 0.315 e. The van der Waals surface area contributed by atoms with Crippen LogP contribution in [0.3, 0.4) is 0 Å². The van der Waals surface area contributed by atoms with Gasteiger partial charge in [-0.1, -0.05) is 44.2 Å². The summed E-state index contributed by atoms with van der Waals surface area (Å²) in [6.45, 7) is 10.1. The number of aromatic nitrogens is 2. The number of para-hydroxylation sites is 1. The van der Waals surface area contributed by atoms with Gasteiger partial charge in [-0.05, 0) is 74.2 Å². The molecule has 10 nitrogen and oxygen atoms in total. The first kappa shape index (κ1) is 32.8. The van der Waals surface area contributed by atoms with Gasteiger partial charge in [0.15, 0.2) is 11.6 Å². The Morgan fingerprint density at radius 2 is 1.68 bits per heavy atom. The first-order valence-electron chi connectivity index (χ1n) is 15.3. The van der Waals surface area contributed by atoms with E-state index in [1.165, 1.54) is 35.2 Å². The van der Waals surface area contributed by atoms with Crippen molar-refractivity contribution in [2.45, 2.75) is 47.1 Å². The summed E-state index contributed by atoms with van der Waals surface area (Å²) in [5.74, 6) is 0.621. The van der Waals surface area contributed by atoms with Gasteiger partial charge >= 0.3 is 5.69 Å². The van der Waals surface area contributed by atoms with Crippen LogP contribution in [0.15, 0.2) is 82.7 Å². The maximum absolute atomic E-state index is 14.3. The van der Waals surface area contributed by atoms with Crippen molar-refractivity contribution in [3.8, 4) is 28.6 Å². The fourth-order valence-electron chi connectivity index (χ4n) is 5.19. The van der Waals surface area contributed by atoms with Gasteiger partial charge in [0.05, 0.1) is 35.3 Å². The molecule has 1 aromatic heterocycles. The first-order valence-corrected chi connectivity index (χ1v) is 15.3. The lowest BCUT2D eigenvalue weighted by molar-refractivity contribution is -0.386. The van der Waals surface area contributed by atoms with Crippen molar-refractivity contribution in [2.75, 3.05) is 13.2 Å². The predicted molar refractivity (Wildman–Crippen MR) is 179 cm³/mol. The number of rotatable bonds is 12. The Morgan fingerprint density at radius 1 is 0.979 bits per heavy atom. The normalized spacial score (nSPS) is 11.4. The minimum Gasteiger partial charge on any atom is -0.494 e. The van der Waals surface area contributed by atoms with Crippen LogP contribution in [-0.2, 0) is 6.61 Å². The first-order chi connectivity index (χ1) is 22.6. The average molecular weight is 639 g/mol. The lowest BCUT2D eigenvalue weighted by Crippen LogP contribution is -2.21. The predicted octanol–water partition coefficient (Wildman–Crippen LogP) is 7.80. The van der Waals surface area contributed by atoms with Gasteiger partial charge in [-0.25, -0.2) is 9.37 Å². The van der Waals surface area contributed by atoms with Crippen LogP contribution < -0.4 is 19.8 Å². The Bertz CT molecular complexity index is 2040. The topological polar surface area (TPSA) is 118 Å². The molecule has 0 atom stereocenters. The van der Waals surface area contributed by atoms with Gasteiger partial charge in [0.1, 0.15) is 18.2 Å². The highest BCUT2D eigenvalue weighted by Crippen LogP contribution is 2.39. The van der Waals surface area contributed by atoms with Crippen molar-refractivity contribution >= 4 is 22.8 Å².